The van der Waals surface area contributed by atoms with Crippen molar-refractivity contribution in [1.82, 2.24) is 9.78 Å². The van der Waals surface area contributed by atoms with E-state index in [9.17, 15) is 5.11 Å². The lowest BCUT2D eigenvalue weighted by atomic mass is 9.84. The molecule has 1 aliphatic rings. The largest absolute Gasteiger partial charge is 0.514 e. The van der Waals surface area contributed by atoms with Gasteiger partial charge in [0.1, 0.15) is 5.69 Å². The number of aliphatic hydroxyl groups excluding tert-OH is 1. The van der Waals surface area contributed by atoms with E-state index in [1.807, 2.05) is 34.6 Å². The summed E-state index contributed by atoms with van der Waals surface area (Å²) in [5.74, 6) is 0. The van der Waals surface area contributed by atoms with E-state index in [1.165, 1.54) is 0 Å². The number of aromatic nitrogens is 2. The molecule has 1 aliphatic heterocycles. The smallest absolute Gasteiger partial charge is 0.398 e. The van der Waals surface area contributed by atoms with Crippen molar-refractivity contribution in [2.24, 2.45) is 7.05 Å². The predicted molar refractivity (Wildman–Crippen MR) is 75.5 cm³/mol. The zero-order chi connectivity index (χ0) is 15.1. The molecular weight excluding hydrogens is 259 g/mol. The van der Waals surface area contributed by atoms with Gasteiger partial charge in [-0.15, -0.1) is 0 Å². The fraction of sp³-hybridized carbons (Fsp3) is 0.769. The lowest BCUT2D eigenvalue weighted by Gasteiger charge is -2.32. The van der Waals surface area contributed by atoms with Crippen LogP contribution in [0.3, 0.4) is 0 Å². The van der Waals surface area contributed by atoms with Gasteiger partial charge in [-0.1, -0.05) is 0 Å². The first-order valence-electron chi connectivity index (χ1n) is 6.87. The van der Waals surface area contributed by atoms with Crippen LogP contribution in [0, 0.1) is 0 Å². The summed E-state index contributed by atoms with van der Waals surface area (Å²) >= 11 is 0. The summed E-state index contributed by atoms with van der Waals surface area (Å²) in [5.41, 5.74) is 0.415. The van der Waals surface area contributed by atoms with E-state index in [0.717, 1.165) is 5.59 Å². The first-order valence-corrected chi connectivity index (χ1v) is 6.87. The van der Waals surface area contributed by atoms with Crippen molar-refractivity contribution in [1.29, 1.82) is 0 Å². The van der Waals surface area contributed by atoms with E-state index in [0.29, 0.717) is 12.3 Å². The van der Waals surface area contributed by atoms with Crippen LogP contribution in [-0.2, 0) is 21.1 Å². The average molecular weight is 282 g/mol. The second kappa shape index (κ2) is 5.14. The van der Waals surface area contributed by atoms with Crippen molar-refractivity contribution in [3.8, 4) is 0 Å². The molecule has 0 aromatic carbocycles. The number of aryl methyl sites for hydroxylation is 1. The topological polar surface area (TPSA) is 65.7 Å². The van der Waals surface area contributed by atoms with Gasteiger partial charge in [0.05, 0.1) is 16.8 Å². The average Bonchev–Trinajstić information content (AvgIpc) is 2.78. The molecule has 1 fully saturated rings. The fourth-order valence-corrected chi connectivity index (χ4v) is 2.05. The standard InChI is InChI=1S/C13H23BN2O4/c1-7-18-11(17)9-8-10(16(6)15-9)14-19-12(2,3)13(4,5)20-14/h8,11,17H,7H2,1-6H3. The zero-order valence-electron chi connectivity index (χ0n) is 13.0. The second-order valence-corrected chi connectivity index (χ2v) is 6.01. The van der Waals surface area contributed by atoms with Crippen molar-refractivity contribution < 1.29 is 19.2 Å². The summed E-state index contributed by atoms with van der Waals surface area (Å²) in [6.45, 7) is 10.2. The highest BCUT2D eigenvalue weighted by Crippen LogP contribution is 2.36. The molecule has 1 N–H and O–H groups in total. The van der Waals surface area contributed by atoms with Gasteiger partial charge in [0.2, 0.25) is 0 Å². The third-order valence-electron chi connectivity index (χ3n) is 4.01. The van der Waals surface area contributed by atoms with E-state index in [2.05, 4.69) is 5.10 Å². The van der Waals surface area contributed by atoms with E-state index >= 15 is 0 Å². The Morgan fingerprint density at radius 3 is 2.40 bits per heavy atom. The minimum absolute atomic E-state index is 0.402. The molecule has 0 bridgehead atoms. The van der Waals surface area contributed by atoms with Crippen LogP contribution in [0.5, 0.6) is 0 Å². The highest BCUT2D eigenvalue weighted by atomic mass is 16.7. The molecule has 2 heterocycles. The van der Waals surface area contributed by atoms with Gasteiger partial charge < -0.3 is 19.2 Å². The minimum Gasteiger partial charge on any atom is -0.398 e. The third-order valence-corrected chi connectivity index (χ3v) is 4.01. The Morgan fingerprint density at radius 1 is 1.35 bits per heavy atom. The normalized spacial score (nSPS) is 22.2. The molecule has 20 heavy (non-hydrogen) atoms. The van der Waals surface area contributed by atoms with Crippen LogP contribution in [0.2, 0.25) is 0 Å². The van der Waals surface area contributed by atoms with Crippen molar-refractivity contribution >= 4 is 12.7 Å². The molecule has 7 heteroatoms. The number of aliphatic hydroxyl groups is 1. The SMILES string of the molecule is CCOC(O)c1cc(B2OC(C)(C)C(C)(C)O2)n(C)n1. The maximum atomic E-state index is 9.83. The number of nitrogens with zero attached hydrogens (tertiary/aromatic N) is 2. The molecule has 1 aromatic heterocycles. The van der Waals surface area contributed by atoms with Crippen LogP contribution >= 0.6 is 0 Å². The van der Waals surface area contributed by atoms with E-state index in [-0.39, 0.29) is 0 Å². The van der Waals surface area contributed by atoms with Crippen LogP contribution in [0.4, 0.5) is 0 Å². The first kappa shape index (κ1) is 15.5. The van der Waals surface area contributed by atoms with Gasteiger partial charge >= 0.3 is 7.12 Å². The first-order chi connectivity index (χ1) is 9.18. The molecular formula is C13H23BN2O4. The van der Waals surface area contributed by atoms with Crippen molar-refractivity contribution in [2.45, 2.75) is 52.1 Å². The second-order valence-electron chi connectivity index (χ2n) is 6.01. The molecule has 1 saturated heterocycles. The van der Waals surface area contributed by atoms with Gasteiger partial charge in [-0.2, -0.15) is 5.10 Å². The monoisotopic (exact) mass is 282 g/mol. The Balaban J connectivity index is 2.23. The maximum Gasteiger partial charge on any atom is 0.514 e. The summed E-state index contributed by atoms with van der Waals surface area (Å²) in [6.07, 6.45) is -1.03. The highest BCUT2D eigenvalue weighted by Gasteiger charge is 2.52. The molecule has 0 amide bonds. The molecule has 112 valence electrons. The van der Waals surface area contributed by atoms with Gasteiger partial charge in [0, 0.05) is 13.7 Å². The Morgan fingerprint density at radius 2 is 1.90 bits per heavy atom. The zero-order valence-corrected chi connectivity index (χ0v) is 13.0. The van der Waals surface area contributed by atoms with Gasteiger partial charge in [0.25, 0.3) is 0 Å². The van der Waals surface area contributed by atoms with Crippen LogP contribution in [0.15, 0.2) is 6.07 Å². The van der Waals surface area contributed by atoms with Gasteiger partial charge in [-0.3, -0.25) is 4.68 Å². The molecule has 1 aromatic rings. The van der Waals surface area contributed by atoms with E-state index in [4.69, 9.17) is 14.0 Å². The number of hydrogen-bond donors (Lipinski definition) is 1. The van der Waals surface area contributed by atoms with Crippen molar-refractivity contribution in [3.63, 3.8) is 0 Å². The minimum atomic E-state index is -1.03. The summed E-state index contributed by atoms with van der Waals surface area (Å²) in [5, 5.41) is 14.1. The summed E-state index contributed by atoms with van der Waals surface area (Å²) in [4.78, 5) is 0. The van der Waals surface area contributed by atoms with Gasteiger partial charge in [-0.05, 0) is 40.7 Å². The maximum absolute atomic E-state index is 9.83. The number of ether oxygens (including phenoxy) is 1. The lowest BCUT2D eigenvalue weighted by molar-refractivity contribution is -0.101. The molecule has 0 aliphatic carbocycles. The molecule has 1 atom stereocenters. The third kappa shape index (κ3) is 2.63. The van der Waals surface area contributed by atoms with Crippen LogP contribution in [0.25, 0.3) is 0 Å². The predicted octanol–water partition coefficient (Wildman–Crippen LogP) is 0.747. The summed E-state index contributed by atoms with van der Waals surface area (Å²) < 4.78 is 18.7. The van der Waals surface area contributed by atoms with Crippen LogP contribution < -0.4 is 5.59 Å². The Hall–Kier alpha value is -0.885. The van der Waals surface area contributed by atoms with Crippen LogP contribution in [-0.4, -0.2) is 39.8 Å². The lowest BCUT2D eigenvalue weighted by Crippen LogP contribution is -2.41. The number of rotatable bonds is 4. The fourth-order valence-electron chi connectivity index (χ4n) is 2.05. The van der Waals surface area contributed by atoms with Crippen molar-refractivity contribution in [2.75, 3.05) is 6.61 Å². The molecule has 0 saturated carbocycles. The molecule has 2 rings (SSSR count). The van der Waals surface area contributed by atoms with E-state index in [1.54, 1.807) is 17.8 Å². The van der Waals surface area contributed by atoms with Crippen LogP contribution in [0.1, 0.15) is 46.6 Å². The highest BCUT2D eigenvalue weighted by molar-refractivity contribution is 6.61. The quantitative estimate of drug-likeness (QED) is 0.652. The Labute approximate surface area is 120 Å². The van der Waals surface area contributed by atoms with Crippen molar-refractivity contribution in [3.05, 3.63) is 11.8 Å². The molecule has 0 radical (unpaired) electrons. The van der Waals surface area contributed by atoms with Gasteiger partial charge in [0.15, 0.2) is 6.29 Å². The summed E-state index contributed by atoms with van der Waals surface area (Å²) in [6, 6.07) is 1.75. The summed E-state index contributed by atoms with van der Waals surface area (Å²) in [7, 11) is 1.29. The molecule has 1 unspecified atom stereocenters. The number of hydrogen-bond acceptors (Lipinski definition) is 5. The molecule has 0 spiro atoms. The van der Waals surface area contributed by atoms with E-state index < -0.39 is 24.6 Å². The molecule has 6 nitrogen and oxygen atoms in total. The van der Waals surface area contributed by atoms with Gasteiger partial charge in [-0.25, -0.2) is 0 Å². The Kier molecular flexibility index (Phi) is 3.99. The Bertz CT molecular complexity index is 471.